The number of ketones is 1. The first kappa shape index (κ1) is 24.7. The van der Waals surface area contributed by atoms with E-state index in [-0.39, 0.29) is 30.2 Å². The van der Waals surface area contributed by atoms with Gasteiger partial charge in [0.1, 0.15) is 25.2 Å². The molecule has 0 aromatic heterocycles. The fourth-order valence-corrected chi connectivity index (χ4v) is 3.11. The number of carbonyl (C=O) groups is 2. The van der Waals surface area contributed by atoms with Crippen LogP contribution in [-0.2, 0) is 15.8 Å². The fraction of sp³-hybridized carbons (Fsp3) is 0.304. The lowest BCUT2D eigenvalue weighted by atomic mass is 10.1. The molecule has 0 bridgehead atoms. The third kappa shape index (κ3) is 5.72. The summed E-state index contributed by atoms with van der Waals surface area (Å²) in [5.41, 5.74) is 0.435. The van der Waals surface area contributed by atoms with Gasteiger partial charge in [-0.25, -0.2) is 4.99 Å². The van der Waals surface area contributed by atoms with Gasteiger partial charge in [-0.3, -0.25) is 14.5 Å². The van der Waals surface area contributed by atoms with Crippen molar-refractivity contribution in [2.45, 2.75) is 13.1 Å². The molecule has 1 aliphatic rings. The molecular weight excluding hydrogens is 453 g/mol. The third-order valence-corrected chi connectivity index (χ3v) is 4.99. The van der Waals surface area contributed by atoms with E-state index in [0.29, 0.717) is 11.4 Å². The number of hydrogen-bond acceptors (Lipinski definition) is 6. The zero-order valence-corrected chi connectivity index (χ0v) is 18.8. The minimum atomic E-state index is -4.51. The topological polar surface area (TPSA) is 83.8 Å². The molecule has 1 aliphatic heterocycles. The Hall–Kier alpha value is -3.89. The normalized spacial score (nSPS) is 14.1. The van der Waals surface area contributed by atoms with Crippen LogP contribution in [-0.4, -0.2) is 62.5 Å². The predicted octanol–water partition coefficient (Wildman–Crippen LogP) is 3.93. The molecule has 0 saturated heterocycles. The van der Waals surface area contributed by atoms with Crippen molar-refractivity contribution in [3.05, 3.63) is 53.6 Å². The number of fused-ring (bicyclic) bond motifs is 1. The van der Waals surface area contributed by atoms with E-state index in [4.69, 9.17) is 9.57 Å². The molecule has 0 radical (unpaired) electrons. The van der Waals surface area contributed by atoms with Gasteiger partial charge < -0.3 is 14.5 Å². The number of ether oxygens (including phenoxy) is 1. The van der Waals surface area contributed by atoms with Crippen molar-refractivity contribution in [2.24, 2.45) is 10.1 Å². The highest BCUT2D eigenvalue weighted by molar-refractivity contribution is 6.52. The van der Waals surface area contributed by atoms with E-state index < -0.39 is 23.4 Å². The van der Waals surface area contributed by atoms with Gasteiger partial charge in [-0.1, -0.05) is 11.2 Å². The minimum absolute atomic E-state index is 0.0256. The fourth-order valence-electron chi connectivity index (χ4n) is 3.11. The van der Waals surface area contributed by atoms with Crippen molar-refractivity contribution >= 4 is 35.1 Å². The number of benzene rings is 2. The summed E-state index contributed by atoms with van der Waals surface area (Å²) in [6.07, 6.45) is -2.89. The summed E-state index contributed by atoms with van der Waals surface area (Å²) < 4.78 is 44.2. The van der Waals surface area contributed by atoms with Crippen LogP contribution in [0.3, 0.4) is 0 Å². The number of carbonyl (C=O) groups excluding carboxylic acids is 2. The van der Waals surface area contributed by atoms with Gasteiger partial charge in [0.25, 0.3) is 11.7 Å². The summed E-state index contributed by atoms with van der Waals surface area (Å²) in [5, 5.41) is 3.82. The summed E-state index contributed by atoms with van der Waals surface area (Å²) in [5.74, 6) is -1.47. The molecule has 0 saturated carbocycles. The van der Waals surface area contributed by atoms with Gasteiger partial charge in [0, 0.05) is 13.6 Å². The van der Waals surface area contributed by atoms with Crippen molar-refractivity contribution in [1.29, 1.82) is 0 Å². The molecule has 11 heteroatoms. The van der Waals surface area contributed by atoms with E-state index >= 15 is 0 Å². The Balaban J connectivity index is 1.77. The maximum absolute atomic E-state index is 12.9. The first-order chi connectivity index (χ1) is 16.1. The number of alkyl halides is 3. The number of hydrogen-bond donors (Lipinski definition) is 0. The van der Waals surface area contributed by atoms with E-state index in [1.54, 1.807) is 18.5 Å². The standard InChI is InChI=1S/C23H23F3N4O4/c1-4-29(2)14-27-16-8-9-20-19(11-16)21(31)22(32)30(20)12-17(28-33-3)13-34-18-7-5-6-15(10-18)23(24,25)26/h5-11,14H,4,12-13H2,1-3H3/b27-14+,28-17-. The average Bonchev–Trinajstić information content (AvgIpc) is 3.05. The molecule has 3 rings (SSSR count). The molecule has 0 fully saturated rings. The molecule has 0 unspecified atom stereocenters. The zero-order valence-electron chi connectivity index (χ0n) is 18.8. The van der Waals surface area contributed by atoms with Crippen LogP contribution in [0, 0.1) is 0 Å². The van der Waals surface area contributed by atoms with Crippen LogP contribution >= 0.6 is 0 Å². The summed E-state index contributed by atoms with van der Waals surface area (Å²) in [6, 6.07) is 9.20. The number of halogens is 3. The average molecular weight is 476 g/mol. The Morgan fingerprint density at radius 3 is 2.62 bits per heavy atom. The lowest BCUT2D eigenvalue weighted by Gasteiger charge is -2.18. The van der Waals surface area contributed by atoms with Gasteiger partial charge in [0.05, 0.1) is 35.4 Å². The van der Waals surface area contributed by atoms with E-state index in [1.165, 1.54) is 30.2 Å². The molecule has 2 aromatic rings. The maximum atomic E-state index is 12.9. The van der Waals surface area contributed by atoms with Gasteiger partial charge in [-0.2, -0.15) is 13.2 Å². The Morgan fingerprint density at radius 2 is 1.94 bits per heavy atom. The van der Waals surface area contributed by atoms with Gasteiger partial charge in [0.2, 0.25) is 0 Å². The predicted molar refractivity (Wildman–Crippen MR) is 121 cm³/mol. The monoisotopic (exact) mass is 476 g/mol. The largest absolute Gasteiger partial charge is 0.487 e. The highest BCUT2D eigenvalue weighted by Gasteiger charge is 2.37. The molecule has 0 atom stereocenters. The molecule has 34 heavy (non-hydrogen) atoms. The summed E-state index contributed by atoms with van der Waals surface area (Å²) in [4.78, 5) is 37.3. The van der Waals surface area contributed by atoms with Crippen LogP contribution < -0.4 is 9.64 Å². The number of amides is 1. The summed E-state index contributed by atoms with van der Waals surface area (Å²) in [7, 11) is 3.14. The minimum Gasteiger partial charge on any atom is -0.487 e. The number of anilines is 1. The Morgan fingerprint density at radius 1 is 1.18 bits per heavy atom. The molecular formula is C23H23F3N4O4. The van der Waals surface area contributed by atoms with Crippen molar-refractivity contribution < 1.29 is 32.3 Å². The lowest BCUT2D eigenvalue weighted by Crippen LogP contribution is -2.36. The molecule has 1 amide bonds. The first-order valence-corrected chi connectivity index (χ1v) is 10.3. The van der Waals surface area contributed by atoms with Crippen molar-refractivity contribution in [2.75, 3.05) is 38.8 Å². The highest BCUT2D eigenvalue weighted by atomic mass is 19.4. The second-order valence-electron chi connectivity index (χ2n) is 7.39. The van der Waals surface area contributed by atoms with Crippen LogP contribution in [0.25, 0.3) is 0 Å². The van der Waals surface area contributed by atoms with Crippen LogP contribution in [0.1, 0.15) is 22.8 Å². The molecule has 0 N–H and O–H groups in total. The van der Waals surface area contributed by atoms with Crippen molar-refractivity contribution in [1.82, 2.24) is 4.90 Å². The van der Waals surface area contributed by atoms with E-state index in [9.17, 15) is 22.8 Å². The first-order valence-electron chi connectivity index (χ1n) is 10.3. The van der Waals surface area contributed by atoms with Crippen LogP contribution in [0.5, 0.6) is 5.75 Å². The maximum Gasteiger partial charge on any atom is 0.416 e. The molecule has 8 nitrogen and oxygen atoms in total. The van der Waals surface area contributed by atoms with Gasteiger partial charge >= 0.3 is 6.18 Å². The van der Waals surface area contributed by atoms with Crippen molar-refractivity contribution in [3.63, 3.8) is 0 Å². The number of rotatable bonds is 9. The van der Waals surface area contributed by atoms with Crippen LogP contribution in [0.4, 0.5) is 24.5 Å². The van der Waals surface area contributed by atoms with Crippen molar-refractivity contribution in [3.8, 4) is 5.75 Å². The van der Waals surface area contributed by atoms with Crippen LogP contribution in [0.2, 0.25) is 0 Å². The number of aliphatic imine (C=N–C) groups is 1. The molecule has 2 aromatic carbocycles. The molecule has 180 valence electrons. The lowest BCUT2D eigenvalue weighted by molar-refractivity contribution is -0.137. The zero-order chi connectivity index (χ0) is 24.9. The molecule has 1 heterocycles. The summed E-state index contributed by atoms with van der Waals surface area (Å²) in [6.45, 7) is 2.31. The van der Waals surface area contributed by atoms with E-state index in [1.807, 2.05) is 18.9 Å². The second-order valence-corrected chi connectivity index (χ2v) is 7.39. The van der Waals surface area contributed by atoms with Gasteiger partial charge in [-0.05, 0) is 43.3 Å². The number of nitrogens with zero attached hydrogens (tertiary/aromatic N) is 4. The Kier molecular flexibility index (Phi) is 7.54. The smallest absolute Gasteiger partial charge is 0.416 e. The number of oxime groups is 1. The summed E-state index contributed by atoms with van der Waals surface area (Å²) >= 11 is 0. The highest BCUT2D eigenvalue weighted by Crippen LogP contribution is 2.33. The van der Waals surface area contributed by atoms with Crippen LogP contribution in [0.15, 0.2) is 52.6 Å². The van der Waals surface area contributed by atoms with E-state index in [2.05, 4.69) is 10.1 Å². The van der Waals surface area contributed by atoms with E-state index in [0.717, 1.165) is 18.7 Å². The van der Waals surface area contributed by atoms with Gasteiger partial charge in [-0.15, -0.1) is 0 Å². The third-order valence-electron chi connectivity index (χ3n) is 4.99. The Bertz CT molecular complexity index is 1130. The second kappa shape index (κ2) is 10.4. The van der Waals surface area contributed by atoms with Gasteiger partial charge in [0.15, 0.2) is 0 Å². The molecule has 0 aliphatic carbocycles. The Labute approximate surface area is 194 Å². The molecule has 0 spiro atoms. The SMILES string of the molecule is CCN(C)/C=N/c1ccc2c(c1)C(=O)C(=O)N2C/C(COc1cccc(C(F)(F)F)c1)=N/OC. The number of Topliss-reactive ketones (excluding diaryl/α,β-unsaturated/α-hetero) is 1. The quantitative estimate of drug-likeness (QED) is 0.237.